The lowest BCUT2D eigenvalue weighted by atomic mass is 10.3. The lowest BCUT2D eigenvalue weighted by Crippen LogP contribution is -2.13. The summed E-state index contributed by atoms with van der Waals surface area (Å²) in [5.74, 6) is 0. The molecule has 7 heteroatoms. The fourth-order valence-electron chi connectivity index (χ4n) is 2.53. The van der Waals surface area contributed by atoms with Crippen molar-refractivity contribution in [2.75, 3.05) is 10.0 Å². The summed E-state index contributed by atoms with van der Waals surface area (Å²) in [7, 11) is -3.66. The van der Waals surface area contributed by atoms with E-state index in [1.165, 1.54) is 11.3 Å². The van der Waals surface area contributed by atoms with E-state index in [0.29, 0.717) is 16.3 Å². The lowest BCUT2D eigenvalue weighted by Gasteiger charge is -2.08. The fourth-order valence-corrected chi connectivity index (χ4v) is 4.53. The standard InChI is InChI=1S/C19H15N3O2S2/c23-26(24,15-10-5-2-6-11-15)22-16-12-7-13-17-18(16)21-19(25-17)20-14-8-3-1-4-9-14/h1-13,22H,(H,20,21). The Kier molecular flexibility index (Phi) is 4.32. The van der Waals surface area contributed by atoms with Gasteiger partial charge in [0, 0.05) is 5.69 Å². The van der Waals surface area contributed by atoms with Crippen molar-refractivity contribution in [1.29, 1.82) is 0 Å². The molecule has 2 N–H and O–H groups in total. The van der Waals surface area contributed by atoms with Gasteiger partial charge in [0.25, 0.3) is 10.0 Å². The minimum atomic E-state index is -3.66. The van der Waals surface area contributed by atoms with Gasteiger partial charge >= 0.3 is 0 Å². The van der Waals surface area contributed by atoms with Crippen molar-refractivity contribution in [3.63, 3.8) is 0 Å². The summed E-state index contributed by atoms with van der Waals surface area (Å²) in [5, 5.41) is 3.95. The number of hydrogen-bond acceptors (Lipinski definition) is 5. The zero-order valence-corrected chi connectivity index (χ0v) is 15.2. The Morgan fingerprint density at radius 3 is 2.23 bits per heavy atom. The van der Waals surface area contributed by atoms with Gasteiger partial charge in [0.2, 0.25) is 0 Å². The molecule has 0 bridgehead atoms. The van der Waals surface area contributed by atoms with Crippen LogP contribution in [0.1, 0.15) is 0 Å². The van der Waals surface area contributed by atoms with Crippen LogP contribution in [0.4, 0.5) is 16.5 Å². The number of anilines is 3. The van der Waals surface area contributed by atoms with E-state index >= 15 is 0 Å². The molecule has 0 saturated carbocycles. The summed E-state index contributed by atoms with van der Waals surface area (Å²) in [4.78, 5) is 4.78. The zero-order chi connectivity index (χ0) is 18.0. The van der Waals surface area contributed by atoms with Crippen LogP contribution in [0.25, 0.3) is 10.2 Å². The number of thiazole rings is 1. The van der Waals surface area contributed by atoms with Crippen LogP contribution in [-0.4, -0.2) is 13.4 Å². The smallest absolute Gasteiger partial charge is 0.261 e. The fraction of sp³-hybridized carbons (Fsp3) is 0. The molecule has 0 spiro atoms. The van der Waals surface area contributed by atoms with Crippen LogP contribution in [0.15, 0.2) is 83.8 Å². The number of hydrogen-bond donors (Lipinski definition) is 2. The molecule has 0 amide bonds. The summed E-state index contributed by atoms with van der Waals surface area (Å²) >= 11 is 1.47. The normalized spacial score (nSPS) is 11.4. The van der Waals surface area contributed by atoms with Crippen LogP contribution in [0.2, 0.25) is 0 Å². The first-order chi connectivity index (χ1) is 12.6. The van der Waals surface area contributed by atoms with Crippen LogP contribution in [0.5, 0.6) is 0 Å². The first kappa shape index (κ1) is 16.6. The zero-order valence-electron chi connectivity index (χ0n) is 13.6. The predicted octanol–water partition coefficient (Wildman–Crippen LogP) is 4.84. The molecule has 130 valence electrons. The van der Waals surface area contributed by atoms with Crippen molar-refractivity contribution in [3.8, 4) is 0 Å². The second-order valence-electron chi connectivity index (χ2n) is 5.58. The second kappa shape index (κ2) is 6.78. The molecule has 1 heterocycles. The highest BCUT2D eigenvalue weighted by Gasteiger charge is 2.16. The molecule has 26 heavy (non-hydrogen) atoms. The predicted molar refractivity (Wildman–Crippen MR) is 107 cm³/mol. The molecule has 0 aliphatic rings. The van der Waals surface area contributed by atoms with Crippen molar-refractivity contribution in [1.82, 2.24) is 4.98 Å². The molecule has 4 rings (SSSR count). The maximum absolute atomic E-state index is 12.6. The first-order valence-corrected chi connectivity index (χ1v) is 10.2. The molecule has 0 fully saturated rings. The van der Waals surface area contributed by atoms with Gasteiger partial charge in [0.1, 0.15) is 5.52 Å². The molecule has 4 aromatic rings. The Morgan fingerprint density at radius 2 is 1.50 bits per heavy atom. The van der Waals surface area contributed by atoms with E-state index in [1.54, 1.807) is 36.4 Å². The number of nitrogens with zero attached hydrogens (tertiary/aromatic N) is 1. The van der Waals surface area contributed by atoms with E-state index in [4.69, 9.17) is 0 Å². The third-order valence-electron chi connectivity index (χ3n) is 3.74. The number of sulfonamides is 1. The Labute approximate surface area is 155 Å². The van der Waals surface area contributed by atoms with E-state index in [-0.39, 0.29) is 4.90 Å². The highest BCUT2D eigenvalue weighted by molar-refractivity contribution is 7.92. The van der Waals surface area contributed by atoms with Gasteiger partial charge < -0.3 is 5.32 Å². The lowest BCUT2D eigenvalue weighted by molar-refractivity contribution is 0.601. The van der Waals surface area contributed by atoms with Gasteiger partial charge in [-0.2, -0.15) is 0 Å². The molecule has 0 aliphatic carbocycles. The van der Waals surface area contributed by atoms with E-state index in [2.05, 4.69) is 15.0 Å². The number of rotatable bonds is 5. The van der Waals surface area contributed by atoms with Gasteiger partial charge in [0.15, 0.2) is 5.13 Å². The van der Waals surface area contributed by atoms with Crippen LogP contribution >= 0.6 is 11.3 Å². The van der Waals surface area contributed by atoms with E-state index < -0.39 is 10.0 Å². The van der Waals surface area contributed by atoms with Crippen LogP contribution in [0.3, 0.4) is 0 Å². The molecule has 0 saturated heterocycles. The maximum Gasteiger partial charge on any atom is 0.261 e. The Bertz CT molecular complexity index is 1140. The second-order valence-corrected chi connectivity index (χ2v) is 8.29. The van der Waals surface area contributed by atoms with Crippen LogP contribution < -0.4 is 10.0 Å². The molecule has 0 radical (unpaired) electrons. The molecule has 0 unspecified atom stereocenters. The minimum Gasteiger partial charge on any atom is -0.332 e. The third-order valence-corrected chi connectivity index (χ3v) is 6.06. The minimum absolute atomic E-state index is 0.217. The third kappa shape index (κ3) is 3.40. The van der Waals surface area contributed by atoms with E-state index in [0.717, 1.165) is 10.4 Å². The Balaban J connectivity index is 1.68. The highest BCUT2D eigenvalue weighted by atomic mass is 32.2. The summed E-state index contributed by atoms with van der Waals surface area (Å²) in [6, 6.07) is 23.5. The monoisotopic (exact) mass is 381 g/mol. The molecule has 0 atom stereocenters. The van der Waals surface area contributed by atoms with E-state index in [9.17, 15) is 8.42 Å². The summed E-state index contributed by atoms with van der Waals surface area (Å²) < 4.78 is 28.7. The quantitative estimate of drug-likeness (QED) is 0.519. The largest absolute Gasteiger partial charge is 0.332 e. The summed E-state index contributed by atoms with van der Waals surface area (Å²) in [6.07, 6.45) is 0. The average molecular weight is 381 g/mol. The molecule has 0 aliphatic heterocycles. The number of fused-ring (bicyclic) bond motifs is 1. The molecular weight excluding hydrogens is 366 g/mol. The van der Waals surface area contributed by atoms with Gasteiger partial charge in [0.05, 0.1) is 15.3 Å². The number of nitrogens with one attached hydrogen (secondary N) is 2. The van der Waals surface area contributed by atoms with Gasteiger partial charge in [-0.05, 0) is 36.4 Å². The summed E-state index contributed by atoms with van der Waals surface area (Å²) in [6.45, 7) is 0. The van der Waals surface area contributed by atoms with Crippen molar-refractivity contribution in [2.45, 2.75) is 4.90 Å². The SMILES string of the molecule is O=S(=O)(Nc1cccc2sc(Nc3ccccc3)nc12)c1ccccc1. The molecule has 5 nitrogen and oxygen atoms in total. The average Bonchev–Trinajstić information content (AvgIpc) is 3.07. The van der Waals surface area contributed by atoms with Crippen molar-refractivity contribution >= 4 is 48.1 Å². The Morgan fingerprint density at radius 1 is 0.808 bits per heavy atom. The highest BCUT2D eigenvalue weighted by Crippen LogP contribution is 2.33. The number of para-hydroxylation sites is 2. The topological polar surface area (TPSA) is 71.1 Å². The molecule has 1 aromatic heterocycles. The van der Waals surface area contributed by atoms with Crippen molar-refractivity contribution in [3.05, 3.63) is 78.9 Å². The Hall–Kier alpha value is -2.90. The van der Waals surface area contributed by atoms with Gasteiger partial charge in [-0.3, -0.25) is 4.72 Å². The van der Waals surface area contributed by atoms with Crippen molar-refractivity contribution < 1.29 is 8.42 Å². The maximum atomic E-state index is 12.6. The van der Waals surface area contributed by atoms with Gasteiger partial charge in [-0.25, -0.2) is 13.4 Å². The molecular formula is C19H15N3O2S2. The first-order valence-electron chi connectivity index (χ1n) is 7.91. The van der Waals surface area contributed by atoms with Crippen LogP contribution in [-0.2, 0) is 10.0 Å². The molecule has 3 aromatic carbocycles. The summed E-state index contributed by atoms with van der Waals surface area (Å²) in [5.41, 5.74) is 2.01. The van der Waals surface area contributed by atoms with E-state index in [1.807, 2.05) is 42.5 Å². The van der Waals surface area contributed by atoms with Gasteiger partial charge in [-0.15, -0.1) is 0 Å². The van der Waals surface area contributed by atoms with Gasteiger partial charge in [-0.1, -0.05) is 53.8 Å². The number of benzene rings is 3. The van der Waals surface area contributed by atoms with Crippen LogP contribution in [0, 0.1) is 0 Å². The number of aromatic nitrogens is 1. The van der Waals surface area contributed by atoms with Crippen molar-refractivity contribution in [2.24, 2.45) is 0 Å².